The molecule has 3 rings (SSSR count). The van der Waals surface area contributed by atoms with Crippen molar-refractivity contribution in [3.63, 3.8) is 0 Å². The van der Waals surface area contributed by atoms with Gasteiger partial charge in [-0.2, -0.15) is 0 Å². The molecular formula is C21H23N3O3S. The van der Waals surface area contributed by atoms with Gasteiger partial charge in [0, 0.05) is 11.3 Å². The number of hydrogen-bond donors (Lipinski definition) is 1. The highest BCUT2D eigenvalue weighted by Gasteiger charge is 2.10. The van der Waals surface area contributed by atoms with E-state index in [1.807, 2.05) is 55.5 Å². The molecule has 2 aromatic carbocycles. The maximum Gasteiger partial charge on any atom is 0.322 e. The highest BCUT2D eigenvalue weighted by molar-refractivity contribution is 7.99. The topological polar surface area (TPSA) is 77.2 Å². The fraction of sp³-hybridized carbons (Fsp3) is 0.286. The lowest BCUT2D eigenvalue weighted by atomic mass is 10.1. The van der Waals surface area contributed by atoms with Crippen LogP contribution in [0.15, 0.2) is 57.8 Å². The number of thioether (sulfide) groups is 1. The molecule has 0 aliphatic rings. The fourth-order valence-electron chi connectivity index (χ4n) is 2.53. The smallest absolute Gasteiger partial charge is 0.322 e. The van der Waals surface area contributed by atoms with Crippen LogP contribution in [-0.2, 0) is 11.2 Å². The molecule has 0 fully saturated rings. The van der Waals surface area contributed by atoms with Gasteiger partial charge in [0.15, 0.2) is 0 Å². The molecular weight excluding hydrogens is 374 g/mol. The van der Waals surface area contributed by atoms with E-state index >= 15 is 0 Å². The predicted molar refractivity (Wildman–Crippen MR) is 110 cm³/mol. The normalized spacial score (nSPS) is 10.6. The van der Waals surface area contributed by atoms with E-state index in [0.29, 0.717) is 18.7 Å². The highest BCUT2D eigenvalue weighted by Crippen LogP contribution is 2.22. The molecule has 0 saturated carbocycles. The Bertz CT molecular complexity index is 892. The van der Waals surface area contributed by atoms with Crippen molar-refractivity contribution in [1.29, 1.82) is 0 Å². The monoisotopic (exact) mass is 397 g/mol. The van der Waals surface area contributed by atoms with Gasteiger partial charge in [0.25, 0.3) is 0 Å². The van der Waals surface area contributed by atoms with Gasteiger partial charge in [-0.3, -0.25) is 10.1 Å². The second-order valence-corrected chi connectivity index (χ2v) is 7.51. The molecule has 0 spiro atoms. The Morgan fingerprint density at radius 1 is 1.11 bits per heavy atom. The van der Waals surface area contributed by atoms with Crippen LogP contribution in [-0.4, -0.2) is 29.0 Å². The summed E-state index contributed by atoms with van der Waals surface area (Å²) in [5, 5.41) is 10.6. The summed E-state index contributed by atoms with van der Waals surface area (Å²) in [7, 11) is 1.65. The van der Waals surface area contributed by atoms with Crippen molar-refractivity contribution in [2.45, 2.75) is 31.1 Å². The van der Waals surface area contributed by atoms with Crippen LogP contribution in [0.25, 0.3) is 0 Å². The van der Waals surface area contributed by atoms with Gasteiger partial charge in [0.05, 0.1) is 13.5 Å². The highest BCUT2D eigenvalue weighted by atomic mass is 32.2. The lowest BCUT2D eigenvalue weighted by molar-refractivity contribution is -0.116. The minimum atomic E-state index is -0.124. The Morgan fingerprint density at radius 2 is 1.86 bits per heavy atom. The van der Waals surface area contributed by atoms with Gasteiger partial charge >= 0.3 is 6.01 Å². The van der Waals surface area contributed by atoms with Gasteiger partial charge in [0.2, 0.25) is 11.8 Å². The van der Waals surface area contributed by atoms with E-state index in [9.17, 15) is 4.79 Å². The fourth-order valence-corrected chi connectivity index (χ4v) is 3.39. The maximum atomic E-state index is 12.0. The summed E-state index contributed by atoms with van der Waals surface area (Å²) in [4.78, 5) is 13.2. The zero-order valence-electron chi connectivity index (χ0n) is 16.0. The standard InChI is InChI=1S/C21H23N3O3S/c1-15-5-7-16(8-6-15)14-20-23-24-21(27-20)22-19(25)4-3-13-28-18-11-9-17(26-2)10-12-18/h5-12H,3-4,13-14H2,1-2H3,(H,22,24,25). The van der Waals surface area contributed by atoms with Crippen LogP contribution in [0.4, 0.5) is 6.01 Å². The number of aromatic nitrogens is 2. The number of anilines is 1. The minimum Gasteiger partial charge on any atom is -0.497 e. The Balaban J connectivity index is 1.38. The Hall–Kier alpha value is -2.80. The van der Waals surface area contributed by atoms with E-state index in [2.05, 4.69) is 15.5 Å². The van der Waals surface area contributed by atoms with E-state index in [0.717, 1.165) is 28.4 Å². The molecule has 3 aromatic rings. The van der Waals surface area contributed by atoms with E-state index in [1.165, 1.54) is 5.56 Å². The number of hydrogen-bond acceptors (Lipinski definition) is 6. The molecule has 0 bridgehead atoms. The Morgan fingerprint density at radius 3 is 2.57 bits per heavy atom. The van der Waals surface area contributed by atoms with Crippen molar-refractivity contribution in [3.8, 4) is 5.75 Å². The van der Waals surface area contributed by atoms with Gasteiger partial charge in [0.1, 0.15) is 5.75 Å². The van der Waals surface area contributed by atoms with Gasteiger partial charge in [-0.25, -0.2) is 0 Å². The summed E-state index contributed by atoms with van der Waals surface area (Å²) < 4.78 is 10.7. The zero-order chi connectivity index (χ0) is 19.8. The molecule has 0 aliphatic heterocycles. The second-order valence-electron chi connectivity index (χ2n) is 6.34. The van der Waals surface area contributed by atoms with Crippen molar-refractivity contribution < 1.29 is 13.9 Å². The van der Waals surface area contributed by atoms with E-state index in [-0.39, 0.29) is 11.9 Å². The first kappa shape index (κ1) is 19.9. The van der Waals surface area contributed by atoms with Crippen LogP contribution < -0.4 is 10.1 Å². The van der Waals surface area contributed by atoms with Crippen molar-refractivity contribution in [1.82, 2.24) is 10.2 Å². The number of nitrogens with one attached hydrogen (secondary N) is 1. The van der Waals surface area contributed by atoms with Crippen LogP contribution in [0, 0.1) is 6.92 Å². The average molecular weight is 398 g/mol. The molecule has 1 heterocycles. The minimum absolute atomic E-state index is 0.124. The molecule has 1 amide bonds. The third-order valence-electron chi connectivity index (χ3n) is 4.07. The van der Waals surface area contributed by atoms with Crippen LogP contribution in [0.1, 0.15) is 29.9 Å². The lowest BCUT2D eigenvalue weighted by Crippen LogP contribution is -2.11. The summed E-state index contributed by atoms with van der Waals surface area (Å²) in [6.45, 7) is 2.04. The first-order valence-electron chi connectivity index (χ1n) is 9.07. The molecule has 0 radical (unpaired) electrons. The molecule has 0 unspecified atom stereocenters. The molecule has 146 valence electrons. The molecule has 0 aliphatic carbocycles. The van der Waals surface area contributed by atoms with Gasteiger partial charge in [-0.05, 0) is 48.9 Å². The lowest BCUT2D eigenvalue weighted by Gasteiger charge is -2.03. The number of ether oxygens (including phenoxy) is 1. The van der Waals surface area contributed by atoms with Crippen molar-refractivity contribution in [2.75, 3.05) is 18.2 Å². The zero-order valence-corrected chi connectivity index (χ0v) is 16.8. The predicted octanol–water partition coefficient (Wildman–Crippen LogP) is 4.49. The number of nitrogens with zero attached hydrogens (tertiary/aromatic N) is 2. The maximum absolute atomic E-state index is 12.0. The number of benzene rings is 2. The molecule has 1 aromatic heterocycles. The quantitative estimate of drug-likeness (QED) is 0.423. The van der Waals surface area contributed by atoms with Crippen molar-refractivity contribution >= 4 is 23.7 Å². The number of methoxy groups -OCH3 is 1. The average Bonchev–Trinajstić information content (AvgIpc) is 3.14. The van der Waals surface area contributed by atoms with Crippen LogP contribution >= 0.6 is 11.8 Å². The van der Waals surface area contributed by atoms with Crippen LogP contribution in [0.5, 0.6) is 5.75 Å². The van der Waals surface area contributed by atoms with Gasteiger partial charge in [-0.15, -0.1) is 16.9 Å². The number of amides is 1. The molecule has 28 heavy (non-hydrogen) atoms. The number of rotatable bonds is 9. The van der Waals surface area contributed by atoms with Gasteiger partial charge in [-0.1, -0.05) is 34.9 Å². The SMILES string of the molecule is COc1ccc(SCCCC(=O)Nc2nnc(Cc3ccc(C)cc3)o2)cc1. The third-order valence-corrected chi connectivity index (χ3v) is 5.16. The first-order valence-corrected chi connectivity index (χ1v) is 10.1. The Kier molecular flexibility index (Phi) is 7.08. The molecule has 1 N–H and O–H groups in total. The number of carbonyl (C=O) groups excluding carboxylic acids is 1. The van der Waals surface area contributed by atoms with E-state index in [4.69, 9.17) is 9.15 Å². The number of aryl methyl sites for hydroxylation is 1. The summed E-state index contributed by atoms with van der Waals surface area (Å²) in [6.07, 6.45) is 1.70. The van der Waals surface area contributed by atoms with Crippen molar-refractivity contribution in [2.24, 2.45) is 0 Å². The van der Waals surface area contributed by atoms with Gasteiger partial charge < -0.3 is 9.15 Å². The first-order chi connectivity index (χ1) is 13.6. The summed E-state index contributed by atoms with van der Waals surface area (Å²) in [5.41, 5.74) is 2.29. The summed E-state index contributed by atoms with van der Waals surface area (Å²) >= 11 is 1.71. The number of carbonyl (C=O) groups is 1. The molecule has 0 saturated heterocycles. The molecule has 6 nitrogen and oxygen atoms in total. The largest absolute Gasteiger partial charge is 0.497 e. The third kappa shape index (κ3) is 6.13. The van der Waals surface area contributed by atoms with Crippen molar-refractivity contribution in [3.05, 3.63) is 65.5 Å². The Labute approximate surface area is 168 Å². The summed E-state index contributed by atoms with van der Waals surface area (Å²) in [6, 6.07) is 16.2. The molecule has 7 heteroatoms. The van der Waals surface area contributed by atoms with Crippen LogP contribution in [0.3, 0.4) is 0 Å². The summed E-state index contributed by atoms with van der Waals surface area (Å²) in [5.74, 6) is 2.04. The second kappa shape index (κ2) is 9.94. The van der Waals surface area contributed by atoms with E-state index < -0.39 is 0 Å². The van der Waals surface area contributed by atoms with Crippen LogP contribution in [0.2, 0.25) is 0 Å². The molecule has 0 atom stereocenters. The van der Waals surface area contributed by atoms with E-state index in [1.54, 1.807) is 18.9 Å².